The van der Waals surface area contributed by atoms with Gasteiger partial charge in [0.15, 0.2) is 5.13 Å². The van der Waals surface area contributed by atoms with Crippen LogP contribution in [0.5, 0.6) is 0 Å². The Bertz CT molecular complexity index is 1050. The molecule has 0 aliphatic carbocycles. The van der Waals surface area contributed by atoms with E-state index in [0.29, 0.717) is 10.2 Å². The summed E-state index contributed by atoms with van der Waals surface area (Å²) in [6.45, 7) is 0. The number of aromatic nitrogens is 1. The molecule has 8 nitrogen and oxygen atoms in total. The van der Waals surface area contributed by atoms with E-state index in [1.54, 1.807) is 0 Å². The second kappa shape index (κ2) is 6.84. The number of benzene rings is 2. The van der Waals surface area contributed by atoms with Crippen molar-refractivity contribution in [3.63, 3.8) is 0 Å². The molecule has 132 valence electrons. The monoisotopic (exact) mass is 375 g/mol. The van der Waals surface area contributed by atoms with Crippen LogP contribution in [0.15, 0.2) is 36.4 Å². The summed E-state index contributed by atoms with van der Waals surface area (Å²) in [6.07, 6.45) is 0. The van der Waals surface area contributed by atoms with Gasteiger partial charge in [-0.05, 0) is 24.3 Å². The minimum atomic E-state index is -0.807. The number of esters is 1. The van der Waals surface area contributed by atoms with Crippen LogP contribution < -0.4 is 5.32 Å². The SMILES string of the molecule is COC(=O)c1cc(C(=O)Nc2nc3ccc(F)cc3s2)cc([N+](=O)[O-])c1. The number of amides is 1. The van der Waals surface area contributed by atoms with Crippen LogP contribution in [0, 0.1) is 15.9 Å². The van der Waals surface area contributed by atoms with E-state index in [2.05, 4.69) is 15.0 Å². The number of rotatable bonds is 4. The Labute approximate surface area is 149 Å². The number of nitro groups is 1. The summed E-state index contributed by atoms with van der Waals surface area (Å²) in [5, 5.41) is 13.7. The maximum atomic E-state index is 13.2. The molecule has 0 saturated heterocycles. The molecule has 26 heavy (non-hydrogen) atoms. The molecule has 0 atom stereocenters. The Kier molecular flexibility index (Phi) is 4.59. The smallest absolute Gasteiger partial charge is 0.338 e. The summed E-state index contributed by atoms with van der Waals surface area (Å²) in [5.74, 6) is -1.93. The van der Waals surface area contributed by atoms with Crippen LogP contribution in [0.25, 0.3) is 10.2 Å². The summed E-state index contributed by atoms with van der Waals surface area (Å²) in [6, 6.07) is 7.24. The first kappa shape index (κ1) is 17.4. The van der Waals surface area contributed by atoms with Crippen molar-refractivity contribution in [2.24, 2.45) is 0 Å². The highest BCUT2D eigenvalue weighted by Crippen LogP contribution is 2.27. The fourth-order valence-corrected chi connectivity index (χ4v) is 3.09. The molecule has 0 aliphatic heterocycles. The van der Waals surface area contributed by atoms with Gasteiger partial charge in [0.2, 0.25) is 0 Å². The van der Waals surface area contributed by atoms with Gasteiger partial charge in [0.1, 0.15) is 5.82 Å². The number of hydrogen-bond donors (Lipinski definition) is 1. The Hall–Kier alpha value is -3.40. The molecule has 1 heterocycles. The van der Waals surface area contributed by atoms with Crippen molar-refractivity contribution in [2.45, 2.75) is 0 Å². The van der Waals surface area contributed by atoms with Crippen LogP contribution >= 0.6 is 11.3 Å². The largest absolute Gasteiger partial charge is 0.465 e. The predicted octanol–water partition coefficient (Wildman–Crippen LogP) is 3.38. The van der Waals surface area contributed by atoms with Crippen LogP contribution in [0.3, 0.4) is 0 Å². The number of thiazole rings is 1. The molecule has 3 rings (SSSR count). The van der Waals surface area contributed by atoms with Crippen molar-refractivity contribution in [1.82, 2.24) is 4.98 Å². The van der Waals surface area contributed by atoms with E-state index in [4.69, 9.17) is 0 Å². The minimum absolute atomic E-state index is 0.106. The topological polar surface area (TPSA) is 111 Å². The number of nitrogens with zero attached hydrogens (tertiary/aromatic N) is 2. The Balaban J connectivity index is 1.93. The third kappa shape index (κ3) is 3.49. The van der Waals surface area contributed by atoms with Crippen molar-refractivity contribution in [2.75, 3.05) is 12.4 Å². The van der Waals surface area contributed by atoms with Crippen LogP contribution in [0.4, 0.5) is 15.2 Å². The maximum Gasteiger partial charge on any atom is 0.338 e. The van der Waals surface area contributed by atoms with Gasteiger partial charge in [-0.25, -0.2) is 14.2 Å². The van der Waals surface area contributed by atoms with Gasteiger partial charge in [0.25, 0.3) is 11.6 Å². The van der Waals surface area contributed by atoms with Crippen LogP contribution in [-0.2, 0) is 4.74 Å². The molecule has 0 fully saturated rings. The maximum absolute atomic E-state index is 13.2. The summed E-state index contributed by atoms with van der Waals surface area (Å²) in [4.78, 5) is 38.5. The highest BCUT2D eigenvalue weighted by molar-refractivity contribution is 7.22. The molecule has 0 bridgehead atoms. The summed E-state index contributed by atoms with van der Waals surface area (Å²) in [5.41, 5.74) is -0.159. The fourth-order valence-electron chi connectivity index (χ4n) is 2.20. The summed E-state index contributed by atoms with van der Waals surface area (Å²) in [7, 11) is 1.13. The molecule has 10 heteroatoms. The van der Waals surface area contributed by atoms with Crippen LogP contribution in [0.2, 0.25) is 0 Å². The van der Waals surface area contributed by atoms with E-state index in [1.807, 2.05) is 0 Å². The number of hydrogen-bond acceptors (Lipinski definition) is 7. The average Bonchev–Trinajstić information content (AvgIpc) is 3.01. The summed E-state index contributed by atoms with van der Waals surface area (Å²) >= 11 is 1.05. The molecule has 0 radical (unpaired) electrons. The van der Waals surface area contributed by atoms with Gasteiger partial charge in [-0.15, -0.1) is 0 Å². The van der Waals surface area contributed by atoms with Gasteiger partial charge in [0.05, 0.1) is 27.8 Å². The normalized spacial score (nSPS) is 10.5. The van der Waals surface area contributed by atoms with Gasteiger partial charge in [-0.3, -0.25) is 20.2 Å². The molecule has 0 saturated carbocycles. The van der Waals surface area contributed by atoms with Gasteiger partial charge in [-0.1, -0.05) is 11.3 Å². The number of nitro benzene ring substituents is 1. The van der Waals surface area contributed by atoms with E-state index < -0.39 is 28.3 Å². The predicted molar refractivity (Wildman–Crippen MR) is 92.0 cm³/mol. The number of fused-ring (bicyclic) bond motifs is 1. The standard InChI is InChI=1S/C16H10FN3O5S/c1-25-15(22)9-4-8(5-11(6-9)20(23)24)14(21)19-16-18-12-3-2-10(17)7-13(12)26-16/h2-7H,1H3,(H,18,19,21). The fraction of sp³-hybridized carbons (Fsp3) is 0.0625. The quantitative estimate of drug-likeness (QED) is 0.425. The zero-order valence-corrected chi connectivity index (χ0v) is 14.0. The molecule has 1 aromatic heterocycles. The Morgan fingerprint density at radius 2 is 1.96 bits per heavy atom. The zero-order valence-electron chi connectivity index (χ0n) is 13.2. The van der Waals surface area contributed by atoms with Gasteiger partial charge < -0.3 is 4.74 Å². The molecule has 0 aliphatic rings. The third-order valence-corrected chi connectivity index (χ3v) is 4.32. The number of non-ortho nitro benzene ring substituents is 1. The molecule has 3 aromatic rings. The number of carbonyl (C=O) groups is 2. The van der Waals surface area contributed by atoms with Crippen molar-refractivity contribution < 1.29 is 23.6 Å². The third-order valence-electron chi connectivity index (χ3n) is 3.38. The second-order valence-corrected chi connectivity index (χ2v) is 6.13. The Morgan fingerprint density at radius 1 is 1.23 bits per heavy atom. The zero-order chi connectivity index (χ0) is 18.8. The lowest BCUT2D eigenvalue weighted by Gasteiger charge is -2.05. The molecule has 1 N–H and O–H groups in total. The molecular formula is C16H10FN3O5S. The van der Waals surface area contributed by atoms with Crippen molar-refractivity contribution in [1.29, 1.82) is 0 Å². The highest BCUT2D eigenvalue weighted by atomic mass is 32.1. The van der Waals surface area contributed by atoms with Gasteiger partial charge in [-0.2, -0.15) is 0 Å². The average molecular weight is 375 g/mol. The number of methoxy groups -OCH3 is 1. The lowest BCUT2D eigenvalue weighted by atomic mass is 10.1. The van der Waals surface area contributed by atoms with E-state index in [9.17, 15) is 24.1 Å². The first-order valence-corrected chi connectivity index (χ1v) is 7.94. The minimum Gasteiger partial charge on any atom is -0.465 e. The van der Waals surface area contributed by atoms with Crippen molar-refractivity contribution >= 4 is 44.2 Å². The lowest BCUT2D eigenvalue weighted by molar-refractivity contribution is -0.384. The first-order chi connectivity index (χ1) is 12.4. The molecule has 0 spiro atoms. The van der Waals surface area contributed by atoms with Gasteiger partial charge in [0, 0.05) is 17.7 Å². The van der Waals surface area contributed by atoms with E-state index in [1.165, 1.54) is 24.3 Å². The number of carbonyl (C=O) groups excluding carboxylic acids is 2. The molecular weight excluding hydrogens is 365 g/mol. The van der Waals surface area contributed by atoms with E-state index in [0.717, 1.165) is 30.6 Å². The van der Waals surface area contributed by atoms with Crippen LogP contribution in [0.1, 0.15) is 20.7 Å². The van der Waals surface area contributed by atoms with E-state index >= 15 is 0 Å². The molecule has 2 aromatic carbocycles. The number of ether oxygens (including phenoxy) is 1. The van der Waals surface area contributed by atoms with Crippen LogP contribution in [-0.4, -0.2) is 28.9 Å². The second-order valence-electron chi connectivity index (χ2n) is 5.10. The highest BCUT2D eigenvalue weighted by Gasteiger charge is 2.19. The van der Waals surface area contributed by atoms with Crippen molar-refractivity contribution in [3.05, 3.63) is 63.5 Å². The first-order valence-electron chi connectivity index (χ1n) is 7.12. The van der Waals surface area contributed by atoms with E-state index in [-0.39, 0.29) is 16.3 Å². The lowest BCUT2D eigenvalue weighted by Crippen LogP contribution is -2.13. The van der Waals surface area contributed by atoms with Crippen molar-refractivity contribution in [3.8, 4) is 0 Å². The van der Waals surface area contributed by atoms with Gasteiger partial charge >= 0.3 is 5.97 Å². The molecule has 0 unspecified atom stereocenters. The molecule has 1 amide bonds. The Morgan fingerprint density at radius 3 is 2.65 bits per heavy atom. The number of anilines is 1. The summed E-state index contributed by atoms with van der Waals surface area (Å²) < 4.78 is 18.3. The number of nitrogens with one attached hydrogen (secondary N) is 1. The number of halogens is 1.